The first kappa shape index (κ1) is 6.91. The van der Waals surface area contributed by atoms with Gasteiger partial charge >= 0.3 is 0 Å². The molecular formula is C9H9N3. The molecule has 2 heterocycles. The van der Waals surface area contributed by atoms with Gasteiger partial charge in [0.25, 0.3) is 0 Å². The molecule has 0 fully saturated rings. The third-order valence-corrected chi connectivity index (χ3v) is 1.70. The molecule has 60 valence electrons. The SMILES string of the molecule is N=C(n1cccc1)n1cccc1. The van der Waals surface area contributed by atoms with Crippen LogP contribution in [0.15, 0.2) is 49.1 Å². The second-order valence-electron chi connectivity index (χ2n) is 2.50. The monoisotopic (exact) mass is 159 g/mol. The lowest BCUT2D eigenvalue weighted by atomic mass is 10.7. The highest BCUT2D eigenvalue weighted by atomic mass is 15.2. The Morgan fingerprint density at radius 3 is 1.42 bits per heavy atom. The first-order valence-electron chi connectivity index (χ1n) is 3.73. The minimum absolute atomic E-state index is 0.435. The highest BCUT2D eigenvalue weighted by Gasteiger charge is 1.97. The Bertz CT molecular complexity index is 320. The molecule has 0 radical (unpaired) electrons. The molecule has 2 aromatic heterocycles. The molecule has 3 heteroatoms. The molecule has 2 aromatic rings. The number of hydrogen-bond donors (Lipinski definition) is 1. The van der Waals surface area contributed by atoms with Gasteiger partial charge in [0, 0.05) is 24.8 Å². The molecule has 0 aliphatic heterocycles. The molecule has 0 unspecified atom stereocenters. The third-order valence-electron chi connectivity index (χ3n) is 1.70. The normalized spacial score (nSPS) is 10.0. The molecule has 0 spiro atoms. The van der Waals surface area contributed by atoms with E-state index in [0.717, 1.165) is 0 Å². The summed E-state index contributed by atoms with van der Waals surface area (Å²) in [7, 11) is 0. The summed E-state index contributed by atoms with van der Waals surface area (Å²) in [6.45, 7) is 0. The van der Waals surface area contributed by atoms with E-state index in [1.807, 2.05) is 49.1 Å². The van der Waals surface area contributed by atoms with Crippen molar-refractivity contribution in [2.24, 2.45) is 0 Å². The van der Waals surface area contributed by atoms with Crippen molar-refractivity contribution in [1.29, 1.82) is 5.41 Å². The van der Waals surface area contributed by atoms with Crippen molar-refractivity contribution in [1.82, 2.24) is 9.13 Å². The van der Waals surface area contributed by atoms with Gasteiger partial charge < -0.3 is 0 Å². The summed E-state index contributed by atoms with van der Waals surface area (Å²) in [6, 6.07) is 7.60. The van der Waals surface area contributed by atoms with Crippen LogP contribution in [0.1, 0.15) is 0 Å². The Morgan fingerprint density at radius 2 is 1.08 bits per heavy atom. The maximum atomic E-state index is 7.73. The van der Waals surface area contributed by atoms with Crippen molar-refractivity contribution < 1.29 is 0 Å². The van der Waals surface area contributed by atoms with Gasteiger partial charge in [-0.3, -0.25) is 14.5 Å². The van der Waals surface area contributed by atoms with Crippen molar-refractivity contribution >= 4 is 5.96 Å². The predicted molar refractivity (Wildman–Crippen MR) is 47.4 cm³/mol. The van der Waals surface area contributed by atoms with Crippen molar-refractivity contribution in [3.8, 4) is 0 Å². The van der Waals surface area contributed by atoms with Crippen LogP contribution in [0.2, 0.25) is 0 Å². The molecular weight excluding hydrogens is 150 g/mol. The quantitative estimate of drug-likeness (QED) is 0.447. The maximum Gasteiger partial charge on any atom is 0.210 e. The van der Waals surface area contributed by atoms with Crippen LogP contribution >= 0.6 is 0 Å². The van der Waals surface area contributed by atoms with E-state index in [1.165, 1.54) is 0 Å². The molecule has 1 N–H and O–H groups in total. The summed E-state index contributed by atoms with van der Waals surface area (Å²) in [6.07, 6.45) is 7.40. The minimum atomic E-state index is 0.435. The summed E-state index contributed by atoms with van der Waals surface area (Å²) in [5.74, 6) is 0.435. The lowest BCUT2D eigenvalue weighted by Gasteiger charge is -2.04. The highest BCUT2D eigenvalue weighted by molar-refractivity contribution is 5.81. The summed E-state index contributed by atoms with van der Waals surface area (Å²) in [4.78, 5) is 0. The van der Waals surface area contributed by atoms with Crippen molar-refractivity contribution in [2.75, 3.05) is 0 Å². The number of hydrogen-bond acceptors (Lipinski definition) is 1. The Balaban J connectivity index is 2.34. The van der Waals surface area contributed by atoms with Crippen molar-refractivity contribution in [2.45, 2.75) is 0 Å². The van der Waals surface area contributed by atoms with Crippen LogP contribution in [-0.2, 0) is 0 Å². The van der Waals surface area contributed by atoms with Crippen LogP contribution in [0.5, 0.6) is 0 Å². The third kappa shape index (κ3) is 1.05. The Labute approximate surface area is 70.4 Å². The van der Waals surface area contributed by atoms with E-state index in [4.69, 9.17) is 5.41 Å². The fourth-order valence-corrected chi connectivity index (χ4v) is 1.08. The molecule has 3 nitrogen and oxygen atoms in total. The largest absolute Gasteiger partial charge is 0.294 e. The smallest absolute Gasteiger partial charge is 0.210 e. The number of rotatable bonds is 0. The van der Waals surface area contributed by atoms with Gasteiger partial charge in [-0.05, 0) is 24.3 Å². The van der Waals surface area contributed by atoms with Gasteiger partial charge in [0.15, 0.2) is 0 Å². The Morgan fingerprint density at radius 1 is 0.750 bits per heavy atom. The molecule has 0 amide bonds. The molecule has 0 aliphatic rings. The molecule has 0 bridgehead atoms. The zero-order valence-electron chi connectivity index (χ0n) is 6.51. The first-order valence-corrected chi connectivity index (χ1v) is 3.73. The van der Waals surface area contributed by atoms with E-state index < -0.39 is 0 Å². The van der Waals surface area contributed by atoms with Gasteiger partial charge in [-0.2, -0.15) is 0 Å². The summed E-state index contributed by atoms with van der Waals surface area (Å²) >= 11 is 0. The number of nitrogens with one attached hydrogen (secondary N) is 1. The first-order chi connectivity index (χ1) is 5.88. The van der Waals surface area contributed by atoms with E-state index in [2.05, 4.69) is 0 Å². The Kier molecular flexibility index (Phi) is 1.55. The summed E-state index contributed by atoms with van der Waals surface area (Å²) < 4.78 is 3.50. The average molecular weight is 159 g/mol. The standard InChI is InChI=1S/C9H9N3/c10-9(11-5-1-2-6-11)12-7-3-4-8-12/h1-8,10H. The molecule has 12 heavy (non-hydrogen) atoms. The van der Waals surface area contributed by atoms with E-state index in [1.54, 1.807) is 9.13 Å². The maximum absolute atomic E-state index is 7.73. The van der Waals surface area contributed by atoms with Gasteiger partial charge in [0.05, 0.1) is 0 Å². The van der Waals surface area contributed by atoms with E-state index >= 15 is 0 Å². The molecule has 0 saturated heterocycles. The molecule has 0 aliphatic carbocycles. The van der Waals surface area contributed by atoms with E-state index in [-0.39, 0.29) is 0 Å². The molecule has 0 aromatic carbocycles. The van der Waals surface area contributed by atoms with E-state index in [0.29, 0.717) is 5.96 Å². The lowest BCUT2D eigenvalue weighted by molar-refractivity contribution is 0.990. The molecule has 0 atom stereocenters. The Hall–Kier alpha value is -1.77. The number of aromatic nitrogens is 2. The average Bonchev–Trinajstić information content (AvgIpc) is 2.77. The summed E-state index contributed by atoms with van der Waals surface area (Å²) in [5, 5.41) is 7.73. The van der Waals surface area contributed by atoms with Crippen LogP contribution in [0.4, 0.5) is 0 Å². The van der Waals surface area contributed by atoms with E-state index in [9.17, 15) is 0 Å². The second-order valence-corrected chi connectivity index (χ2v) is 2.50. The fourth-order valence-electron chi connectivity index (χ4n) is 1.08. The lowest BCUT2D eigenvalue weighted by Crippen LogP contribution is -2.16. The van der Waals surface area contributed by atoms with Crippen LogP contribution in [0.3, 0.4) is 0 Å². The molecule has 2 rings (SSSR count). The van der Waals surface area contributed by atoms with Gasteiger partial charge in [-0.25, -0.2) is 0 Å². The van der Waals surface area contributed by atoms with Crippen LogP contribution < -0.4 is 0 Å². The van der Waals surface area contributed by atoms with Crippen LogP contribution in [0.25, 0.3) is 0 Å². The summed E-state index contributed by atoms with van der Waals surface area (Å²) in [5.41, 5.74) is 0. The molecule has 0 saturated carbocycles. The second kappa shape index (κ2) is 2.70. The topological polar surface area (TPSA) is 33.7 Å². The van der Waals surface area contributed by atoms with Crippen LogP contribution in [-0.4, -0.2) is 15.1 Å². The minimum Gasteiger partial charge on any atom is -0.294 e. The van der Waals surface area contributed by atoms with Crippen molar-refractivity contribution in [3.05, 3.63) is 49.1 Å². The van der Waals surface area contributed by atoms with Crippen LogP contribution in [0, 0.1) is 5.41 Å². The fraction of sp³-hybridized carbons (Fsp3) is 0. The van der Waals surface area contributed by atoms with Gasteiger partial charge in [-0.1, -0.05) is 0 Å². The van der Waals surface area contributed by atoms with Gasteiger partial charge in [0.2, 0.25) is 5.96 Å². The van der Waals surface area contributed by atoms with Crippen molar-refractivity contribution in [3.63, 3.8) is 0 Å². The zero-order valence-corrected chi connectivity index (χ0v) is 6.51. The zero-order chi connectivity index (χ0) is 8.39. The highest BCUT2D eigenvalue weighted by Crippen LogP contribution is 1.94. The predicted octanol–water partition coefficient (Wildman–Crippen LogP) is 1.62. The van der Waals surface area contributed by atoms with Gasteiger partial charge in [0.1, 0.15) is 0 Å². The van der Waals surface area contributed by atoms with Gasteiger partial charge in [-0.15, -0.1) is 0 Å². The number of nitrogens with zero attached hydrogens (tertiary/aromatic N) is 2.